The molecule has 1 atom stereocenters. The summed E-state index contributed by atoms with van der Waals surface area (Å²) in [6, 6.07) is 12.0. The number of carbonyl (C=O) groups excluding carboxylic acids is 1. The number of hydrogen-bond donors (Lipinski definition) is 1. The van der Waals surface area contributed by atoms with Crippen LogP contribution in [0.2, 0.25) is 0 Å². The van der Waals surface area contributed by atoms with E-state index in [0.29, 0.717) is 19.4 Å². The number of rotatable bonds is 6. The summed E-state index contributed by atoms with van der Waals surface area (Å²) >= 11 is 0. The fraction of sp³-hybridized carbons (Fsp3) is 0.353. The molecule has 2 rings (SSSR count). The summed E-state index contributed by atoms with van der Waals surface area (Å²) in [7, 11) is 1.39. The predicted octanol–water partition coefficient (Wildman–Crippen LogP) is 3.19. The van der Waals surface area contributed by atoms with Crippen LogP contribution in [0.1, 0.15) is 31.4 Å². The summed E-state index contributed by atoms with van der Waals surface area (Å²) in [5.41, 5.74) is 7.00. The molecule has 1 unspecified atom stereocenters. The zero-order valence-corrected chi connectivity index (χ0v) is 12.5. The van der Waals surface area contributed by atoms with E-state index in [1.54, 1.807) is 0 Å². The lowest BCUT2D eigenvalue weighted by molar-refractivity contribution is -0.140. The Morgan fingerprint density at radius 3 is 2.71 bits per heavy atom. The molecule has 0 spiro atoms. The third-order valence-corrected chi connectivity index (χ3v) is 3.40. The van der Waals surface area contributed by atoms with Gasteiger partial charge in [0.15, 0.2) is 0 Å². The minimum atomic E-state index is -0.219. The lowest BCUT2D eigenvalue weighted by Gasteiger charge is -2.16. The molecule has 2 aromatic rings. The van der Waals surface area contributed by atoms with Crippen molar-refractivity contribution in [2.24, 2.45) is 5.73 Å². The van der Waals surface area contributed by atoms with E-state index in [-0.39, 0.29) is 12.0 Å². The first kappa shape index (κ1) is 15.3. The molecule has 0 aliphatic heterocycles. The Morgan fingerprint density at radius 2 is 2.00 bits per heavy atom. The van der Waals surface area contributed by atoms with Gasteiger partial charge in [0.25, 0.3) is 0 Å². The quantitative estimate of drug-likeness (QED) is 0.654. The monoisotopic (exact) mass is 287 g/mol. The number of nitrogens with two attached hydrogens (primary N) is 1. The summed E-state index contributed by atoms with van der Waals surface area (Å²) in [6.45, 7) is 2.40. The van der Waals surface area contributed by atoms with Gasteiger partial charge in [-0.15, -0.1) is 0 Å². The summed E-state index contributed by atoms with van der Waals surface area (Å²) in [5.74, 6) is 0.594. The molecule has 0 fully saturated rings. The van der Waals surface area contributed by atoms with Gasteiger partial charge in [0.2, 0.25) is 0 Å². The van der Waals surface area contributed by atoms with Gasteiger partial charge in [-0.3, -0.25) is 4.79 Å². The summed E-state index contributed by atoms with van der Waals surface area (Å²) in [4.78, 5) is 11.1. The van der Waals surface area contributed by atoms with Crippen molar-refractivity contribution in [2.75, 3.05) is 13.7 Å². The average Bonchev–Trinajstić information content (AvgIpc) is 2.50. The normalized spacial score (nSPS) is 12.1. The van der Waals surface area contributed by atoms with Crippen LogP contribution < -0.4 is 10.5 Å². The van der Waals surface area contributed by atoms with E-state index < -0.39 is 0 Å². The minimum Gasteiger partial charge on any atom is -0.493 e. The molecule has 0 aliphatic carbocycles. The van der Waals surface area contributed by atoms with E-state index >= 15 is 0 Å². The first-order valence-corrected chi connectivity index (χ1v) is 7.10. The van der Waals surface area contributed by atoms with Crippen LogP contribution >= 0.6 is 0 Å². The molecule has 0 aromatic heterocycles. The van der Waals surface area contributed by atoms with Gasteiger partial charge in [0.05, 0.1) is 13.7 Å². The van der Waals surface area contributed by atoms with E-state index in [4.69, 9.17) is 10.5 Å². The van der Waals surface area contributed by atoms with Crippen LogP contribution in [0.5, 0.6) is 5.75 Å². The largest absolute Gasteiger partial charge is 0.493 e. The van der Waals surface area contributed by atoms with E-state index in [9.17, 15) is 4.79 Å². The third-order valence-electron chi connectivity index (χ3n) is 3.40. The summed E-state index contributed by atoms with van der Waals surface area (Å²) < 4.78 is 10.5. The summed E-state index contributed by atoms with van der Waals surface area (Å²) in [6.07, 6.45) is 0.975. The Kier molecular flexibility index (Phi) is 5.17. The van der Waals surface area contributed by atoms with Crippen molar-refractivity contribution in [3.8, 4) is 5.75 Å². The molecule has 112 valence electrons. The molecule has 0 heterocycles. The van der Waals surface area contributed by atoms with Crippen molar-refractivity contribution in [3.63, 3.8) is 0 Å². The van der Waals surface area contributed by atoms with Gasteiger partial charge in [-0.05, 0) is 18.7 Å². The molecule has 21 heavy (non-hydrogen) atoms. The van der Waals surface area contributed by atoms with E-state index in [0.717, 1.165) is 22.1 Å². The highest BCUT2D eigenvalue weighted by Gasteiger charge is 2.12. The number of hydrogen-bond acceptors (Lipinski definition) is 4. The van der Waals surface area contributed by atoms with Crippen LogP contribution in [0.15, 0.2) is 36.4 Å². The number of benzene rings is 2. The van der Waals surface area contributed by atoms with Gasteiger partial charge in [0, 0.05) is 23.4 Å². The molecule has 2 aromatic carbocycles. The highest BCUT2D eigenvalue weighted by atomic mass is 16.5. The van der Waals surface area contributed by atoms with Crippen molar-refractivity contribution >= 4 is 16.7 Å². The lowest BCUT2D eigenvalue weighted by atomic mass is 10.0. The maximum absolute atomic E-state index is 11.1. The number of carbonyl (C=O) groups is 1. The maximum atomic E-state index is 11.1. The molecule has 0 radical (unpaired) electrons. The first-order chi connectivity index (χ1) is 10.1. The van der Waals surface area contributed by atoms with Crippen LogP contribution in [0.3, 0.4) is 0 Å². The molecule has 4 heteroatoms. The van der Waals surface area contributed by atoms with Crippen LogP contribution in [-0.4, -0.2) is 19.7 Å². The van der Waals surface area contributed by atoms with Crippen LogP contribution in [-0.2, 0) is 9.53 Å². The van der Waals surface area contributed by atoms with Crippen molar-refractivity contribution in [1.29, 1.82) is 0 Å². The second-order valence-corrected chi connectivity index (χ2v) is 5.02. The highest BCUT2D eigenvalue weighted by molar-refractivity contribution is 5.89. The van der Waals surface area contributed by atoms with Gasteiger partial charge in [0.1, 0.15) is 5.75 Å². The Bertz CT molecular complexity index is 622. The Hall–Kier alpha value is -2.07. The number of methoxy groups -OCH3 is 1. The molecule has 2 N–H and O–H groups in total. The average molecular weight is 287 g/mol. The van der Waals surface area contributed by atoms with Gasteiger partial charge in [-0.1, -0.05) is 36.4 Å². The Labute approximate surface area is 124 Å². The van der Waals surface area contributed by atoms with Crippen molar-refractivity contribution in [1.82, 2.24) is 0 Å². The number of ether oxygens (including phenoxy) is 2. The predicted molar refractivity (Wildman–Crippen MR) is 83.3 cm³/mol. The van der Waals surface area contributed by atoms with Gasteiger partial charge in [-0.25, -0.2) is 0 Å². The molecule has 0 saturated heterocycles. The first-order valence-electron chi connectivity index (χ1n) is 7.10. The van der Waals surface area contributed by atoms with Crippen LogP contribution in [0.25, 0.3) is 10.8 Å². The Morgan fingerprint density at radius 1 is 1.24 bits per heavy atom. The highest BCUT2D eigenvalue weighted by Crippen LogP contribution is 2.33. The smallest absolute Gasteiger partial charge is 0.305 e. The van der Waals surface area contributed by atoms with Crippen molar-refractivity contribution < 1.29 is 14.3 Å². The fourth-order valence-corrected chi connectivity index (χ4v) is 2.27. The standard InChI is InChI=1S/C17H21NO3/c1-12(18)14-10-9-13-6-3-4-7-15(13)17(14)21-11-5-8-16(19)20-2/h3-4,6-7,9-10,12H,5,8,11,18H2,1-2H3. The van der Waals surface area contributed by atoms with E-state index in [1.165, 1.54) is 7.11 Å². The topological polar surface area (TPSA) is 61.5 Å². The maximum Gasteiger partial charge on any atom is 0.305 e. The molecule has 4 nitrogen and oxygen atoms in total. The molecule has 0 saturated carbocycles. The lowest BCUT2D eigenvalue weighted by Crippen LogP contribution is -2.10. The van der Waals surface area contributed by atoms with E-state index in [1.807, 2.05) is 37.3 Å². The van der Waals surface area contributed by atoms with Crippen molar-refractivity contribution in [3.05, 3.63) is 42.0 Å². The van der Waals surface area contributed by atoms with Gasteiger partial charge >= 0.3 is 5.97 Å². The second kappa shape index (κ2) is 7.09. The van der Waals surface area contributed by atoms with Crippen LogP contribution in [0.4, 0.5) is 0 Å². The SMILES string of the molecule is COC(=O)CCCOc1c(C(C)N)ccc2ccccc12. The number of fused-ring (bicyclic) bond motifs is 1. The molecule has 0 aliphatic rings. The molecule has 0 amide bonds. The van der Waals surface area contributed by atoms with Gasteiger partial charge < -0.3 is 15.2 Å². The van der Waals surface area contributed by atoms with Crippen molar-refractivity contribution in [2.45, 2.75) is 25.8 Å². The minimum absolute atomic E-state index is 0.106. The molecular weight excluding hydrogens is 266 g/mol. The second-order valence-electron chi connectivity index (χ2n) is 5.02. The third kappa shape index (κ3) is 3.73. The van der Waals surface area contributed by atoms with E-state index in [2.05, 4.69) is 10.8 Å². The van der Waals surface area contributed by atoms with Gasteiger partial charge in [-0.2, -0.15) is 0 Å². The van der Waals surface area contributed by atoms with Crippen LogP contribution in [0, 0.1) is 0 Å². The summed E-state index contributed by atoms with van der Waals surface area (Å²) in [5, 5.41) is 2.16. The molecular formula is C17H21NO3. The molecule has 0 bridgehead atoms. The zero-order chi connectivity index (χ0) is 15.2. The number of esters is 1. The Balaban J connectivity index is 2.19. The zero-order valence-electron chi connectivity index (χ0n) is 12.5. The fourth-order valence-electron chi connectivity index (χ4n) is 2.27.